The summed E-state index contributed by atoms with van der Waals surface area (Å²) in [5.74, 6) is -0.643. The predicted molar refractivity (Wildman–Crippen MR) is 122 cm³/mol. The van der Waals surface area contributed by atoms with E-state index in [0.29, 0.717) is 57.7 Å². The van der Waals surface area contributed by atoms with Crippen molar-refractivity contribution in [2.75, 3.05) is 24.5 Å². The number of nitro groups is 1. The van der Waals surface area contributed by atoms with Crippen LogP contribution in [0, 0.1) is 15.9 Å². The molecule has 1 N–H and O–H groups in total. The average Bonchev–Trinajstić information content (AvgIpc) is 3.14. The molecule has 2 aromatic rings. The monoisotopic (exact) mass is 475 g/mol. The third kappa shape index (κ3) is 5.30. The van der Waals surface area contributed by atoms with Gasteiger partial charge in [-0.15, -0.1) is 0 Å². The topological polar surface area (TPSA) is 114 Å². The fourth-order valence-electron chi connectivity index (χ4n) is 4.44. The second-order valence-corrected chi connectivity index (χ2v) is 10.0. The van der Waals surface area contributed by atoms with Gasteiger partial charge >= 0.3 is 6.09 Å². The van der Waals surface area contributed by atoms with Crippen molar-refractivity contribution in [3.05, 3.63) is 51.6 Å². The Kier molecular flexibility index (Phi) is 6.24. The van der Waals surface area contributed by atoms with Crippen molar-refractivity contribution < 1.29 is 24.0 Å². The first-order chi connectivity index (χ1) is 15.9. The van der Waals surface area contributed by atoms with Crippen LogP contribution in [0.3, 0.4) is 0 Å². The number of halogens is 1. The zero-order valence-electron chi connectivity index (χ0n) is 19.7. The summed E-state index contributed by atoms with van der Waals surface area (Å²) in [7, 11) is 0. The lowest BCUT2D eigenvalue weighted by molar-refractivity contribution is -0.385. The van der Waals surface area contributed by atoms with Gasteiger partial charge in [0, 0.05) is 32.1 Å². The van der Waals surface area contributed by atoms with Gasteiger partial charge in [0.1, 0.15) is 5.60 Å². The number of nitrogens with zero attached hydrogens (tertiary/aromatic N) is 5. The average molecular weight is 476 g/mol. The highest BCUT2D eigenvalue weighted by molar-refractivity contribution is 5.68. The number of rotatable bonds is 4. The number of benzene rings is 1. The number of anilines is 1. The Morgan fingerprint density at radius 2 is 1.94 bits per heavy atom. The van der Waals surface area contributed by atoms with Crippen LogP contribution in [0.2, 0.25) is 0 Å². The summed E-state index contributed by atoms with van der Waals surface area (Å²) in [6.45, 7) is 7.80. The number of aromatic nitrogens is 2. The van der Waals surface area contributed by atoms with E-state index in [1.54, 1.807) is 9.80 Å². The third-order valence-electron chi connectivity index (χ3n) is 6.19. The highest BCUT2D eigenvalue weighted by Gasteiger charge is 2.35. The van der Waals surface area contributed by atoms with E-state index >= 15 is 0 Å². The van der Waals surface area contributed by atoms with Crippen LogP contribution in [0.25, 0.3) is 0 Å². The van der Waals surface area contributed by atoms with Crippen molar-refractivity contribution >= 4 is 17.5 Å². The van der Waals surface area contributed by atoms with Crippen molar-refractivity contribution in [1.29, 1.82) is 0 Å². The summed E-state index contributed by atoms with van der Waals surface area (Å²) in [5, 5.41) is 26.6. The molecular weight excluding hydrogens is 445 g/mol. The van der Waals surface area contributed by atoms with Crippen LogP contribution < -0.4 is 4.90 Å². The second kappa shape index (κ2) is 8.86. The van der Waals surface area contributed by atoms with Crippen LogP contribution in [0.5, 0.6) is 0 Å². The van der Waals surface area contributed by atoms with Crippen LogP contribution >= 0.6 is 0 Å². The van der Waals surface area contributed by atoms with E-state index < -0.39 is 21.9 Å². The lowest BCUT2D eigenvalue weighted by atomic mass is 9.86. The van der Waals surface area contributed by atoms with Gasteiger partial charge in [0.15, 0.2) is 5.82 Å². The second-order valence-electron chi connectivity index (χ2n) is 10.0. The van der Waals surface area contributed by atoms with E-state index in [0.717, 1.165) is 17.5 Å². The predicted octanol–water partition coefficient (Wildman–Crippen LogP) is 3.26. The lowest BCUT2D eigenvalue weighted by Crippen LogP contribution is -2.46. The molecule has 1 saturated heterocycles. The maximum Gasteiger partial charge on any atom is 0.410 e. The number of piperidine rings is 1. The number of non-ortho nitro benzene ring substituents is 1. The molecule has 4 rings (SSSR count). The number of nitro benzene ring substituents is 1. The van der Waals surface area contributed by atoms with Gasteiger partial charge in [0.25, 0.3) is 5.69 Å². The highest BCUT2D eigenvalue weighted by Crippen LogP contribution is 2.32. The lowest BCUT2D eigenvalue weighted by Gasteiger charge is -2.39. The minimum absolute atomic E-state index is 0.288. The van der Waals surface area contributed by atoms with Crippen LogP contribution in [0.1, 0.15) is 45.0 Å². The molecule has 34 heavy (non-hydrogen) atoms. The smallest absolute Gasteiger partial charge is 0.410 e. The molecule has 2 aliphatic heterocycles. The van der Waals surface area contributed by atoms with Crippen molar-refractivity contribution in [3.63, 3.8) is 0 Å². The number of amides is 1. The molecule has 0 unspecified atom stereocenters. The molecular formula is C23H30FN5O5. The SMILES string of the molecule is CC(C)(C)OC(=O)N1CCn2nc(CC3(O)CCN(c4ccc([N+](=O)[O-])cc4F)CC3)cc2C1. The van der Waals surface area contributed by atoms with Crippen LogP contribution in [0.15, 0.2) is 24.3 Å². The first-order valence-electron chi connectivity index (χ1n) is 11.4. The molecule has 1 aromatic carbocycles. The van der Waals surface area contributed by atoms with Crippen LogP contribution in [-0.2, 0) is 24.2 Å². The Bertz CT molecular complexity index is 1090. The summed E-state index contributed by atoms with van der Waals surface area (Å²) in [5.41, 5.74) is 0.106. The number of carbonyl (C=O) groups is 1. The maximum atomic E-state index is 14.4. The van der Waals surface area contributed by atoms with Crippen molar-refractivity contribution in [2.24, 2.45) is 0 Å². The first kappa shape index (κ1) is 23.9. The summed E-state index contributed by atoms with van der Waals surface area (Å²) in [6, 6.07) is 5.54. The van der Waals surface area contributed by atoms with E-state index in [1.165, 1.54) is 12.1 Å². The van der Waals surface area contributed by atoms with E-state index in [9.17, 15) is 24.4 Å². The molecule has 11 heteroatoms. The molecule has 184 valence electrons. The minimum Gasteiger partial charge on any atom is -0.444 e. The van der Waals surface area contributed by atoms with Gasteiger partial charge < -0.3 is 19.6 Å². The molecule has 2 aliphatic rings. The molecule has 1 aromatic heterocycles. The van der Waals surface area contributed by atoms with Gasteiger partial charge in [-0.05, 0) is 45.7 Å². The first-order valence-corrected chi connectivity index (χ1v) is 11.4. The quantitative estimate of drug-likeness (QED) is 0.533. The maximum absolute atomic E-state index is 14.4. The van der Waals surface area contributed by atoms with Gasteiger partial charge in [-0.2, -0.15) is 5.10 Å². The molecule has 0 spiro atoms. The number of carbonyl (C=O) groups excluding carboxylic acids is 1. The zero-order chi connectivity index (χ0) is 24.7. The molecule has 0 atom stereocenters. The number of fused-ring (bicyclic) bond motifs is 1. The summed E-state index contributed by atoms with van der Waals surface area (Å²) in [4.78, 5) is 26.0. The zero-order valence-corrected chi connectivity index (χ0v) is 19.7. The molecule has 10 nitrogen and oxygen atoms in total. The normalized spacial score (nSPS) is 17.9. The number of hydrogen-bond acceptors (Lipinski definition) is 7. The number of aliphatic hydroxyl groups is 1. The van der Waals surface area contributed by atoms with Gasteiger partial charge in [-0.1, -0.05) is 0 Å². The third-order valence-corrected chi connectivity index (χ3v) is 6.19. The number of ether oxygens (including phenoxy) is 1. The minimum atomic E-state index is -0.983. The molecule has 0 saturated carbocycles. The van der Waals surface area contributed by atoms with Crippen molar-refractivity contribution in [3.8, 4) is 0 Å². The molecule has 1 fully saturated rings. The Labute approximate surface area is 197 Å². The van der Waals surface area contributed by atoms with Crippen LogP contribution in [0.4, 0.5) is 20.6 Å². The Morgan fingerprint density at radius 3 is 2.56 bits per heavy atom. The summed E-state index contributed by atoms with van der Waals surface area (Å²) < 4.78 is 21.7. The molecule has 3 heterocycles. The highest BCUT2D eigenvalue weighted by atomic mass is 19.1. The standard InChI is InChI=1S/C23H30FN5O5/c1-22(2,3)34-21(30)27-10-11-28-18(15-27)12-16(25-28)14-23(31)6-8-26(9-7-23)20-5-4-17(29(32)33)13-19(20)24/h4-5,12-13,31H,6-11,14-15H2,1-3H3. The largest absolute Gasteiger partial charge is 0.444 e. The van der Waals surface area contributed by atoms with Gasteiger partial charge in [-0.3, -0.25) is 14.8 Å². The Morgan fingerprint density at radius 1 is 1.24 bits per heavy atom. The molecule has 0 aliphatic carbocycles. The fourth-order valence-corrected chi connectivity index (χ4v) is 4.44. The molecule has 1 amide bonds. The van der Waals surface area contributed by atoms with Crippen LogP contribution in [-0.4, -0.2) is 61.6 Å². The summed E-state index contributed by atoms with van der Waals surface area (Å²) >= 11 is 0. The number of hydrogen-bond donors (Lipinski definition) is 1. The van der Waals surface area contributed by atoms with Gasteiger partial charge in [0.2, 0.25) is 0 Å². The summed E-state index contributed by atoms with van der Waals surface area (Å²) in [6.07, 6.45) is 0.826. The van der Waals surface area contributed by atoms with Crippen molar-refractivity contribution in [2.45, 2.75) is 64.3 Å². The van der Waals surface area contributed by atoms with E-state index in [-0.39, 0.29) is 11.8 Å². The molecule has 0 bridgehead atoms. The molecule has 0 radical (unpaired) electrons. The fraction of sp³-hybridized carbons (Fsp3) is 0.565. The Hall–Kier alpha value is -3.21. The van der Waals surface area contributed by atoms with Gasteiger partial charge in [0.05, 0.1) is 46.8 Å². The van der Waals surface area contributed by atoms with E-state index in [1.807, 2.05) is 31.5 Å². The Balaban J connectivity index is 1.37. The van der Waals surface area contributed by atoms with E-state index in [2.05, 4.69) is 5.10 Å². The van der Waals surface area contributed by atoms with Gasteiger partial charge in [-0.25, -0.2) is 9.18 Å². The van der Waals surface area contributed by atoms with Crippen molar-refractivity contribution in [1.82, 2.24) is 14.7 Å². The van der Waals surface area contributed by atoms with E-state index in [4.69, 9.17) is 4.74 Å².